The summed E-state index contributed by atoms with van der Waals surface area (Å²) in [6.07, 6.45) is 21.0. The van der Waals surface area contributed by atoms with Gasteiger partial charge in [0.05, 0.1) is 0 Å². The van der Waals surface area contributed by atoms with Gasteiger partial charge in [-0.2, -0.15) is 0 Å². The van der Waals surface area contributed by atoms with E-state index in [1.165, 1.54) is 89.9 Å². The van der Waals surface area contributed by atoms with Crippen molar-refractivity contribution in [2.24, 2.45) is 5.73 Å². The minimum absolute atomic E-state index is 0.201. The molecule has 7 N–H and O–H groups in total. The Labute approximate surface area is 218 Å². The van der Waals surface area contributed by atoms with E-state index in [2.05, 4.69) is 33.5 Å². The molecule has 7 nitrogen and oxygen atoms in total. The smallest absolute Gasteiger partial charge is 0.220 e. The van der Waals surface area contributed by atoms with Gasteiger partial charge in [-0.25, -0.2) is 0 Å². The molecule has 0 aromatic rings. The van der Waals surface area contributed by atoms with Crippen molar-refractivity contribution in [1.29, 1.82) is 0 Å². The molecule has 0 heterocycles. The standard InChI is InChI=1S/C28H62N6O/c1-2-3-4-5-6-7-8-9-10-11-12-13-14-15-16-17-28(35)34-27-26-33-25-24-32-23-22-31-21-20-30-19-18-29/h30-33H,2-27,29H2,1H3,(H,34,35). The molecule has 0 rings (SSSR count). The summed E-state index contributed by atoms with van der Waals surface area (Å²) >= 11 is 0. The maximum atomic E-state index is 11.9. The van der Waals surface area contributed by atoms with Crippen LogP contribution in [0.3, 0.4) is 0 Å². The average molecular weight is 499 g/mol. The number of carbonyl (C=O) groups excluding carboxylic acids is 1. The minimum Gasteiger partial charge on any atom is -0.355 e. The Morgan fingerprint density at radius 3 is 1.23 bits per heavy atom. The molecule has 0 aliphatic heterocycles. The quantitative estimate of drug-likeness (QED) is 0.0845. The van der Waals surface area contributed by atoms with Crippen molar-refractivity contribution >= 4 is 5.91 Å². The molecule has 7 heteroatoms. The van der Waals surface area contributed by atoms with Crippen molar-refractivity contribution in [3.05, 3.63) is 0 Å². The van der Waals surface area contributed by atoms with E-state index in [0.29, 0.717) is 13.0 Å². The van der Waals surface area contributed by atoms with E-state index in [9.17, 15) is 4.79 Å². The molecule has 0 radical (unpaired) electrons. The first-order chi connectivity index (χ1) is 17.3. The van der Waals surface area contributed by atoms with Crippen LogP contribution in [0.5, 0.6) is 0 Å². The van der Waals surface area contributed by atoms with Crippen LogP contribution in [0.25, 0.3) is 0 Å². The second-order valence-electron chi connectivity index (χ2n) is 9.84. The van der Waals surface area contributed by atoms with Gasteiger partial charge in [-0.3, -0.25) is 4.79 Å². The fraction of sp³-hybridized carbons (Fsp3) is 0.964. The van der Waals surface area contributed by atoms with E-state index in [1.807, 2.05) is 0 Å². The van der Waals surface area contributed by atoms with Gasteiger partial charge in [0, 0.05) is 71.9 Å². The maximum absolute atomic E-state index is 11.9. The fourth-order valence-electron chi connectivity index (χ4n) is 4.17. The summed E-state index contributed by atoms with van der Waals surface area (Å²) in [5, 5.41) is 16.4. The number of unbranched alkanes of at least 4 members (excludes halogenated alkanes) is 14. The zero-order valence-corrected chi connectivity index (χ0v) is 23.4. The van der Waals surface area contributed by atoms with Gasteiger partial charge in [0.25, 0.3) is 0 Å². The average Bonchev–Trinajstić information content (AvgIpc) is 2.86. The summed E-state index contributed by atoms with van der Waals surface area (Å²) in [5.41, 5.74) is 5.43. The predicted molar refractivity (Wildman–Crippen MR) is 153 cm³/mol. The third-order valence-corrected chi connectivity index (χ3v) is 6.39. The van der Waals surface area contributed by atoms with Crippen LogP contribution in [0.2, 0.25) is 0 Å². The first-order valence-electron chi connectivity index (χ1n) is 15.1. The van der Waals surface area contributed by atoms with Gasteiger partial charge in [0.2, 0.25) is 5.91 Å². The Morgan fingerprint density at radius 1 is 0.486 bits per heavy atom. The Hall–Kier alpha value is -0.730. The molecule has 1 amide bonds. The third kappa shape index (κ3) is 31.2. The van der Waals surface area contributed by atoms with E-state index in [-0.39, 0.29) is 5.91 Å². The molecule has 0 fully saturated rings. The van der Waals surface area contributed by atoms with E-state index in [1.54, 1.807) is 0 Å². The molecule has 0 unspecified atom stereocenters. The van der Waals surface area contributed by atoms with Crippen molar-refractivity contribution in [2.45, 2.75) is 110 Å². The highest BCUT2D eigenvalue weighted by Gasteiger charge is 2.00. The lowest BCUT2D eigenvalue weighted by Crippen LogP contribution is -2.37. The monoisotopic (exact) mass is 498 g/mol. The first kappa shape index (κ1) is 34.3. The van der Waals surface area contributed by atoms with Crippen LogP contribution in [0.4, 0.5) is 0 Å². The largest absolute Gasteiger partial charge is 0.355 e. The molecule has 210 valence electrons. The van der Waals surface area contributed by atoms with Crippen LogP contribution in [0, 0.1) is 0 Å². The minimum atomic E-state index is 0.201. The summed E-state index contributed by atoms with van der Waals surface area (Å²) < 4.78 is 0. The normalized spacial score (nSPS) is 11.3. The molecule has 0 aliphatic carbocycles. The second kappa shape index (κ2) is 31.3. The lowest BCUT2D eigenvalue weighted by molar-refractivity contribution is -0.121. The van der Waals surface area contributed by atoms with Gasteiger partial charge in [-0.1, -0.05) is 96.8 Å². The number of hydrogen-bond donors (Lipinski definition) is 6. The lowest BCUT2D eigenvalue weighted by atomic mass is 10.0. The Kier molecular flexibility index (Phi) is 30.6. The Bertz CT molecular complexity index is 411. The molecule has 0 aromatic carbocycles. The van der Waals surface area contributed by atoms with Gasteiger partial charge in [-0.15, -0.1) is 0 Å². The van der Waals surface area contributed by atoms with Crippen LogP contribution in [0.1, 0.15) is 110 Å². The predicted octanol–water partition coefficient (Wildman–Crippen LogP) is 3.68. The van der Waals surface area contributed by atoms with Crippen molar-refractivity contribution in [3.63, 3.8) is 0 Å². The number of nitrogens with two attached hydrogens (primary N) is 1. The highest BCUT2D eigenvalue weighted by Crippen LogP contribution is 2.13. The molecular weight excluding hydrogens is 436 g/mol. The van der Waals surface area contributed by atoms with Crippen molar-refractivity contribution < 1.29 is 4.79 Å². The van der Waals surface area contributed by atoms with Crippen LogP contribution < -0.4 is 32.3 Å². The maximum Gasteiger partial charge on any atom is 0.220 e. The lowest BCUT2D eigenvalue weighted by Gasteiger charge is -2.09. The molecule has 0 saturated carbocycles. The molecule has 35 heavy (non-hydrogen) atoms. The van der Waals surface area contributed by atoms with Crippen molar-refractivity contribution in [1.82, 2.24) is 26.6 Å². The van der Waals surface area contributed by atoms with Crippen molar-refractivity contribution in [3.8, 4) is 0 Å². The van der Waals surface area contributed by atoms with Crippen LogP contribution in [-0.4, -0.2) is 71.4 Å². The van der Waals surface area contributed by atoms with E-state index in [4.69, 9.17) is 5.73 Å². The van der Waals surface area contributed by atoms with Gasteiger partial charge < -0.3 is 32.3 Å². The second-order valence-corrected chi connectivity index (χ2v) is 9.84. The highest BCUT2D eigenvalue weighted by molar-refractivity contribution is 5.75. The van der Waals surface area contributed by atoms with E-state index >= 15 is 0 Å². The highest BCUT2D eigenvalue weighted by atomic mass is 16.1. The summed E-state index contributed by atoms with van der Waals surface area (Å²) in [4.78, 5) is 11.9. The number of hydrogen-bond acceptors (Lipinski definition) is 6. The number of carbonyl (C=O) groups is 1. The van der Waals surface area contributed by atoms with Gasteiger partial charge in [-0.05, 0) is 6.42 Å². The summed E-state index contributed by atoms with van der Waals surface area (Å²) in [7, 11) is 0. The zero-order valence-electron chi connectivity index (χ0n) is 23.4. The fourth-order valence-corrected chi connectivity index (χ4v) is 4.17. The first-order valence-corrected chi connectivity index (χ1v) is 15.1. The Morgan fingerprint density at radius 2 is 0.829 bits per heavy atom. The zero-order chi connectivity index (χ0) is 25.5. The summed E-state index contributed by atoms with van der Waals surface area (Å²) in [6.45, 7) is 11.1. The molecule has 0 saturated heterocycles. The Balaban J connectivity index is 3.14. The SMILES string of the molecule is CCCCCCCCCCCCCCCCCC(=O)NCCNCCNCCNCCNCCN. The van der Waals surface area contributed by atoms with E-state index < -0.39 is 0 Å². The van der Waals surface area contributed by atoms with E-state index in [0.717, 1.165) is 65.3 Å². The number of rotatable bonds is 30. The summed E-state index contributed by atoms with van der Waals surface area (Å²) in [6, 6.07) is 0. The molecule has 0 aromatic heterocycles. The van der Waals surface area contributed by atoms with Crippen molar-refractivity contribution in [2.75, 3.05) is 65.4 Å². The van der Waals surface area contributed by atoms with Gasteiger partial charge in [0.15, 0.2) is 0 Å². The number of nitrogens with one attached hydrogen (secondary N) is 5. The summed E-state index contributed by atoms with van der Waals surface area (Å²) in [5.74, 6) is 0.201. The van der Waals surface area contributed by atoms with Crippen LogP contribution in [-0.2, 0) is 4.79 Å². The molecule has 0 aliphatic rings. The molecular formula is C28H62N6O. The molecule has 0 spiro atoms. The third-order valence-electron chi connectivity index (χ3n) is 6.39. The van der Waals surface area contributed by atoms with Gasteiger partial charge in [0.1, 0.15) is 0 Å². The van der Waals surface area contributed by atoms with Crippen LogP contribution in [0.15, 0.2) is 0 Å². The molecule has 0 atom stereocenters. The van der Waals surface area contributed by atoms with Crippen LogP contribution >= 0.6 is 0 Å². The molecule has 0 bridgehead atoms. The topological polar surface area (TPSA) is 103 Å². The van der Waals surface area contributed by atoms with Gasteiger partial charge >= 0.3 is 0 Å². The number of amides is 1.